The summed E-state index contributed by atoms with van der Waals surface area (Å²) < 4.78 is 58.4. The third-order valence-corrected chi connectivity index (χ3v) is 8.32. The summed E-state index contributed by atoms with van der Waals surface area (Å²) in [6.07, 6.45) is 0.309. The third kappa shape index (κ3) is 6.12. The first-order valence-corrected chi connectivity index (χ1v) is 13.9. The fraction of sp³-hybridized carbons (Fsp3) is 0.200. The molecule has 0 spiro atoms. The van der Waals surface area contributed by atoms with Crippen LogP contribution in [0.1, 0.15) is 29.9 Å². The van der Waals surface area contributed by atoms with Crippen LogP contribution >= 0.6 is 23.4 Å². The molecule has 0 amide bonds. The lowest BCUT2D eigenvalue weighted by atomic mass is 10.1. The first kappa shape index (κ1) is 26.3. The lowest BCUT2D eigenvalue weighted by Gasteiger charge is -2.19. The number of halogens is 3. The third-order valence-electron chi connectivity index (χ3n) is 5.48. The molecule has 0 saturated heterocycles. The van der Waals surface area contributed by atoms with Crippen LogP contribution in [-0.2, 0) is 28.7 Å². The van der Waals surface area contributed by atoms with Gasteiger partial charge in [0.15, 0.2) is 11.0 Å². The summed E-state index contributed by atoms with van der Waals surface area (Å²) in [7, 11) is -4.00. The summed E-state index contributed by atoms with van der Waals surface area (Å²) in [5.41, 5.74) is 1.25. The second-order valence-corrected chi connectivity index (χ2v) is 11.0. The SMILES string of the molecule is CCn1c(SCc2c(F)cccc2Cl)nnc1[C@@H](Cc1ccccc1)NS(=O)(=O)c1ccc(F)cc1. The van der Waals surface area contributed by atoms with Crippen molar-refractivity contribution < 1.29 is 17.2 Å². The van der Waals surface area contributed by atoms with E-state index in [2.05, 4.69) is 14.9 Å². The molecule has 0 aliphatic heterocycles. The van der Waals surface area contributed by atoms with E-state index in [4.69, 9.17) is 11.6 Å². The lowest BCUT2D eigenvalue weighted by Crippen LogP contribution is -2.32. The second kappa shape index (κ2) is 11.5. The Bertz CT molecular complexity index is 1410. The van der Waals surface area contributed by atoms with Crippen molar-refractivity contribution in [3.63, 3.8) is 0 Å². The highest BCUT2D eigenvalue weighted by atomic mass is 35.5. The van der Waals surface area contributed by atoms with Gasteiger partial charge in [0.2, 0.25) is 10.0 Å². The van der Waals surface area contributed by atoms with Crippen molar-refractivity contribution in [2.75, 3.05) is 0 Å². The van der Waals surface area contributed by atoms with Crippen molar-refractivity contribution in [1.82, 2.24) is 19.5 Å². The van der Waals surface area contributed by atoms with E-state index in [0.29, 0.717) is 34.5 Å². The molecule has 3 aromatic carbocycles. The van der Waals surface area contributed by atoms with Crippen molar-refractivity contribution >= 4 is 33.4 Å². The summed E-state index contributed by atoms with van der Waals surface area (Å²) in [6, 6.07) is 17.7. The topological polar surface area (TPSA) is 76.9 Å². The summed E-state index contributed by atoms with van der Waals surface area (Å²) in [5.74, 6) is -0.299. The second-order valence-electron chi connectivity index (χ2n) is 7.89. The first-order chi connectivity index (χ1) is 17.3. The van der Waals surface area contributed by atoms with Crippen molar-refractivity contribution in [2.24, 2.45) is 0 Å². The van der Waals surface area contributed by atoms with E-state index in [1.807, 2.05) is 37.3 Å². The highest BCUT2D eigenvalue weighted by Crippen LogP contribution is 2.30. The maximum Gasteiger partial charge on any atom is 0.241 e. The Balaban J connectivity index is 1.66. The number of benzene rings is 3. The minimum atomic E-state index is -4.00. The van der Waals surface area contributed by atoms with E-state index >= 15 is 0 Å². The molecule has 1 atom stereocenters. The zero-order valence-corrected chi connectivity index (χ0v) is 21.6. The Morgan fingerprint density at radius 3 is 2.39 bits per heavy atom. The van der Waals surface area contributed by atoms with E-state index in [0.717, 1.165) is 17.7 Å². The molecule has 0 bridgehead atoms. The van der Waals surface area contributed by atoms with Gasteiger partial charge >= 0.3 is 0 Å². The van der Waals surface area contributed by atoms with Gasteiger partial charge in [-0.15, -0.1) is 10.2 Å². The van der Waals surface area contributed by atoms with Gasteiger partial charge in [0.05, 0.1) is 10.9 Å². The van der Waals surface area contributed by atoms with E-state index in [1.54, 1.807) is 16.7 Å². The van der Waals surface area contributed by atoms with Crippen molar-refractivity contribution in [1.29, 1.82) is 0 Å². The minimum Gasteiger partial charge on any atom is -0.305 e. The van der Waals surface area contributed by atoms with Gasteiger partial charge in [-0.25, -0.2) is 21.9 Å². The van der Waals surface area contributed by atoms with Crippen LogP contribution in [0.15, 0.2) is 82.8 Å². The van der Waals surface area contributed by atoms with Gasteiger partial charge in [-0.2, -0.15) is 0 Å². The van der Waals surface area contributed by atoms with Gasteiger partial charge < -0.3 is 4.57 Å². The summed E-state index contributed by atoms with van der Waals surface area (Å²) in [5, 5.41) is 9.40. The van der Waals surface area contributed by atoms with Crippen molar-refractivity contribution in [2.45, 2.75) is 41.7 Å². The van der Waals surface area contributed by atoms with Crippen molar-refractivity contribution in [3.05, 3.63) is 106 Å². The zero-order chi connectivity index (χ0) is 25.7. The number of thioether (sulfide) groups is 1. The first-order valence-electron chi connectivity index (χ1n) is 11.1. The van der Waals surface area contributed by atoms with E-state index in [9.17, 15) is 17.2 Å². The molecule has 1 N–H and O–H groups in total. The predicted octanol–water partition coefficient (Wildman–Crippen LogP) is 5.78. The number of nitrogens with one attached hydrogen (secondary N) is 1. The molecule has 4 rings (SSSR count). The van der Waals surface area contributed by atoms with Crippen LogP contribution in [0.5, 0.6) is 0 Å². The summed E-state index contributed by atoms with van der Waals surface area (Å²) in [4.78, 5) is -0.0617. The van der Waals surface area contributed by atoms with Gasteiger partial charge in [-0.3, -0.25) is 0 Å². The molecule has 6 nitrogen and oxygen atoms in total. The average Bonchev–Trinajstić information content (AvgIpc) is 3.27. The minimum absolute atomic E-state index is 0.0617. The highest BCUT2D eigenvalue weighted by Gasteiger charge is 2.27. The Kier molecular flexibility index (Phi) is 8.40. The number of hydrogen-bond donors (Lipinski definition) is 1. The van der Waals surface area contributed by atoms with E-state index in [1.165, 1.54) is 30.0 Å². The summed E-state index contributed by atoms with van der Waals surface area (Å²) >= 11 is 7.42. The number of hydrogen-bond acceptors (Lipinski definition) is 5. The van der Waals surface area contributed by atoms with Crippen LogP contribution in [0.2, 0.25) is 5.02 Å². The fourth-order valence-electron chi connectivity index (χ4n) is 3.67. The molecule has 1 aromatic heterocycles. The molecule has 11 heteroatoms. The molecule has 0 aliphatic carbocycles. The van der Waals surface area contributed by atoms with Crippen LogP contribution in [0, 0.1) is 11.6 Å². The van der Waals surface area contributed by atoms with Crippen molar-refractivity contribution in [3.8, 4) is 0 Å². The van der Waals surface area contributed by atoms with Crippen LogP contribution in [-0.4, -0.2) is 23.2 Å². The Morgan fingerprint density at radius 2 is 1.72 bits per heavy atom. The maximum atomic E-state index is 14.2. The standard InChI is InChI=1S/C25H23ClF2N4O2S2/c1-2-32-24(29-30-25(32)35-16-20-21(26)9-6-10-22(20)28)23(15-17-7-4-3-5-8-17)31-36(33,34)19-13-11-18(27)12-14-19/h3-14,23,31H,2,15-16H2,1H3/t23-/m1/s1. The Hall–Kier alpha value is -2.79. The quantitative estimate of drug-likeness (QED) is 0.254. The van der Waals surface area contributed by atoms with Gasteiger partial charge in [0, 0.05) is 22.9 Å². The lowest BCUT2D eigenvalue weighted by molar-refractivity contribution is 0.517. The molecule has 0 radical (unpaired) electrons. The molecule has 0 unspecified atom stereocenters. The summed E-state index contributed by atoms with van der Waals surface area (Å²) in [6.45, 7) is 2.35. The van der Waals surface area contributed by atoms with Gasteiger partial charge in [-0.05, 0) is 55.3 Å². The van der Waals surface area contributed by atoms with E-state index in [-0.39, 0.29) is 10.6 Å². The molecular formula is C25H23ClF2N4O2S2. The largest absolute Gasteiger partial charge is 0.305 e. The molecule has 1 heterocycles. The molecule has 188 valence electrons. The number of rotatable bonds is 10. The molecule has 0 fully saturated rings. The molecule has 0 saturated carbocycles. The average molecular weight is 549 g/mol. The Morgan fingerprint density at radius 1 is 1.00 bits per heavy atom. The van der Waals surface area contributed by atoms with Crippen LogP contribution in [0.25, 0.3) is 0 Å². The molecule has 36 heavy (non-hydrogen) atoms. The van der Waals surface area contributed by atoms with Crippen LogP contribution in [0.4, 0.5) is 8.78 Å². The molecular weight excluding hydrogens is 526 g/mol. The monoisotopic (exact) mass is 548 g/mol. The number of aromatic nitrogens is 3. The van der Waals surface area contributed by atoms with Crippen LogP contribution < -0.4 is 4.72 Å². The highest BCUT2D eigenvalue weighted by molar-refractivity contribution is 7.98. The normalized spacial score (nSPS) is 12.6. The number of nitrogens with zero attached hydrogens (tertiary/aromatic N) is 3. The van der Waals surface area contributed by atoms with Crippen LogP contribution in [0.3, 0.4) is 0 Å². The molecule has 4 aromatic rings. The Labute approximate surface area is 217 Å². The van der Waals surface area contributed by atoms with E-state index < -0.39 is 27.7 Å². The zero-order valence-electron chi connectivity index (χ0n) is 19.2. The van der Waals surface area contributed by atoms with Gasteiger partial charge in [0.1, 0.15) is 11.6 Å². The number of sulfonamides is 1. The maximum absolute atomic E-state index is 14.2. The van der Waals surface area contributed by atoms with Gasteiger partial charge in [-0.1, -0.05) is 59.8 Å². The molecule has 0 aliphatic rings. The smallest absolute Gasteiger partial charge is 0.241 e. The fourth-order valence-corrected chi connectivity index (χ4v) is 6.22. The van der Waals surface area contributed by atoms with Gasteiger partial charge in [0.25, 0.3) is 0 Å². The predicted molar refractivity (Wildman–Crippen MR) is 136 cm³/mol.